The van der Waals surface area contributed by atoms with Gasteiger partial charge in [-0.3, -0.25) is 29.2 Å². The zero-order valence-corrected chi connectivity index (χ0v) is 31.7. The molecule has 0 spiro atoms. The molecule has 3 N–H and O–H groups in total. The van der Waals surface area contributed by atoms with Crippen molar-refractivity contribution >= 4 is 34.3 Å². The number of alkyl halides is 1. The summed E-state index contributed by atoms with van der Waals surface area (Å²) < 4.78 is 28.9. The second-order valence-corrected chi connectivity index (χ2v) is 16.1. The van der Waals surface area contributed by atoms with Crippen LogP contribution < -0.4 is 25.7 Å². The van der Waals surface area contributed by atoms with E-state index < -0.39 is 41.8 Å². The van der Waals surface area contributed by atoms with Crippen LogP contribution in [0.5, 0.6) is 11.5 Å². The van der Waals surface area contributed by atoms with Crippen molar-refractivity contribution in [2.24, 2.45) is 5.92 Å². The molecule has 8 rings (SSSR count). The first-order chi connectivity index (χ1) is 27.0. The third kappa shape index (κ3) is 8.22. The molecule has 4 aliphatic rings. The maximum Gasteiger partial charge on any atom is 0.274 e. The number of aliphatic hydroxyl groups is 1. The minimum absolute atomic E-state index is 0.0193. The van der Waals surface area contributed by atoms with Gasteiger partial charge >= 0.3 is 0 Å². The molecule has 296 valence electrons. The van der Waals surface area contributed by atoms with Crippen LogP contribution in [0, 0.1) is 5.92 Å². The molecule has 2 saturated carbocycles. The van der Waals surface area contributed by atoms with Gasteiger partial charge in [0, 0.05) is 62.1 Å². The van der Waals surface area contributed by atoms with Crippen molar-refractivity contribution in [1.29, 1.82) is 0 Å². The number of fused-ring (bicyclic) bond motifs is 1. The number of benzene rings is 2. The van der Waals surface area contributed by atoms with E-state index in [1.807, 2.05) is 49.0 Å². The van der Waals surface area contributed by atoms with E-state index in [1.165, 1.54) is 10.6 Å². The van der Waals surface area contributed by atoms with E-state index in [1.54, 1.807) is 24.4 Å². The van der Waals surface area contributed by atoms with E-state index in [0.29, 0.717) is 42.4 Å². The van der Waals surface area contributed by atoms with Gasteiger partial charge in [0.05, 0.1) is 35.4 Å². The number of ether oxygens (including phenoxy) is 2. The number of amides is 3. The summed E-state index contributed by atoms with van der Waals surface area (Å²) in [4.78, 5) is 52.5. The lowest BCUT2D eigenvalue weighted by Crippen LogP contribution is -2.46. The third-order valence-electron chi connectivity index (χ3n) is 11.6. The van der Waals surface area contributed by atoms with Gasteiger partial charge in [-0.1, -0.05) is 12.1 Å². The zero-order chi connectivity index (χ0) is 39.1. The average Bonchev–Trinajstić information content (AvgIpc) is 3.75. The number of likely N-dealkylation sites (tertiary alicyclic amines) is 1. The Morgan fingerprint density at radius 3 is 2.52 bits per heavy atom. The van der Waals surface area contributed by atoms with Crippen molar-refractivity contribution in [3.05, 3.63) is 82.4 Å². The largest absolute Gasteiger partial charge is 0.490 e. The number of anilines is 1. The number of halogens is 1. The molecule has 2 saturated heterocycles. The van der Waals surface area contributed by atoms with Crippen LogP contribution >= 0.6 is 0 Å². The summed E-state index contributed by atoms with van der Waals surface area (Å²) in [5.74, 6) is 0.311. The van der Waals surface area contributed by atoms with E-state index in [2.05, 4.69) is 15.5 Å². The molecule has 1 unspecified atom stereocenters. The summed E-state index contributed by atoms with van der Waals surface area (Å²) in [6.45, 7) is 6.21. The van der Waals surface area contributed by atoms with Crippen LogP contribution in [0.2, 0.25) is 0 Å². The number of pyridine rings is 1. The molecular formula is C42H49FN6O7. The van der Waals surface area contributed by atoms with Crippen molar-refractivity contribution < 1.29 is 33.4 Å². The fraction of sp³-hybridized carbons (Fsp3) is 0.500. The molecule has 2 aromatic carbocycles. The Bertz CT molecular complexity index is 2160. The standard InChI is InChI=1S/C42H49FN6O7/c1-24(2)55-38-20-34-27(18-31(38)40(52)44-33-4-3-16-48(42(33)54)35-19-32(35)43)22-49(46-34)28-9-5-25(6-10-28)21-47-17-15-30(36(50)23-47)26-7-11-29(12-8-26)56-37-13-14-39(51)45-41(37)53/h3-4,7-8,11-12,16,18,20,22,24-25,28,30,32,35-37,50H,5-6,9-10,13-15,17,19,21,23H2,1-2H3,(H,44,52)(H,45,51,53)/t25?,28?,30-,32-,35+,36+,37?/m1/s1. The minimum atomic E-state index is -1.05. The molecule has 3 amide bonds. The number of nitrogens with one attached hydrogen (secondary N) is 2. The van der Waals surface area contributed by atoms with Crippen molar-refractivity contribution in [3.8, 4) is 11.5 Å². The van der Waals surface area contributed by atoms with Crippen LogP contribution in [0.4, 0.5) is 10.1 Å². The van der Waals surface area contributed by atoms with Crippen molar-refractivity contribution in [1.82, 2.24) is 24.6 Å². The number of aromatic nitrogens is 3. The van der Waals surface area contributed by atoms with Gasteiger partial charge in [0.2, 0.25) is 5.91 Å². The number of hydrogen-bond donors (Lipinski definition) is 3. The second kappa shape index (κ2) is 15.8. The summed E-state index contributed by atoms with van der Waals surface area (Å²) in [6, 6.07) is 14.0. The van der Waals surface area contributed by atoms with Gasteiger partial charge in [0.25, 0.3) is 17.4 Å². The summed E-state index contributed by atoms with van der Waals surface area (Å²) in [5, 5.41) is 22.0. The Kier molecular flexibility index (Phi) is 10.7. The van der Waals surface area contributed by atoms with Gasteiger partial charge < -0.3 is 29.4 Å². The number of carbonyl (C=O) groups is 3. The lowest BCUT2D eigenvalue weighted by molar-refractivity contribution is -0.138. The monoisotopic (exact) mass is 768 g/mol. The Morgan fingerprint density at radius 1 is 1.05 bits per heavy atom. The molecule has 0 radical (unpaired) electrons. The molecule has 5 atom stereocenters. The SMILES string of the molecule is CC(C)Oc1cc2nn(C3CCC(CN4CC[C@H](c5ccc(OC6CCC(=O)NC6=O)cc5)[C@@H](O)C4)CC3)cc2cc1C(=O)Nc1cccn([C@H]2C[C@H]2F)c1=O. The van der Waals surface area contributed by atoms with Crippen LogP contribution in [0.25, 0.3) is 10.9 Å². The molecule has 13 nitrogen and oxygen atoms in total. The summed E-state index contributed by atoms with van der Waals surface area (Å²) >= 11 is 0. The van der Waals surface area contributed by atoms with E-state index in [-0.39, 0.29) is 36.1 Å². The Hall–Kier alpha value is -5.08. The highest BCUT2D eigenvalue weighted by Gasteiger charge is 2.40. The fourth-order valence-corrected chi connectivity index (χ4v) is 8.54. The second-order valence-electron chi connectivity index (χ2n) is 16.1. The molecule has 2 aromatic heterocycles. The normalized spacial score (nSPS) is 26.9. The maximum absolute atomic E-state index is 13.7. The van der Waals surface area contributed by atoms with E-state index in [9.17, 15) is 28.7 Å². The van der Waals surface area contributed by atoms with E-state index in [0.717, 1.165) is 61.7 Å². The number of piperidine rings is 2. The molecule has 4 fully saturated rings. The van der Waals surface area contributed by atoms with Gasteiger partial charge in [-0.15, -0.1) is 0 Å². The summed E-state index contributed by atoms with van der Waals surface area (Å²) in [5.41, 5.74) is 1.70. The molecular weight excluding hydrogens is 719 g/mol. The maximum atomic E-state index is 13.7. The first-order valence-electron chi connectivity index (χ1n) is 19.9. The van der Waals surface area contributed by atoms with Crippen LogP contribution in [0.3, 0.4) is 0 Å². The van der Waals surface area contributed by atoms with E-state index >= 15 is 0 Å². The molecule has 0 bridgehead atoms. The first kappa shape index (κ1) is 37.8. The van der Waals surface area contributed by atoms with Gasteiger partial charge in [-0.2, -0.15) is 5.10 Å². The molecule has 4 aromatic rings. The number of carbonyl (C=O) groups excluding carboxylic acids is 3. The highest BCUT2D eigenvalue weighted by Crippen LogP contribution is 2.38. The highest BCUT2D eigenvalue weighted by atomic mass is 19.1. The highest BCUT2D eigenvalue weighted by molar-refractivity contribution is 6.08. The number of nitrogens with zero attached hydrogens (tertiary/aromatic N) is 4. The van der Waals surface area contributed by atoms with Crippen LogP contribution in [0.15, 0.2) is 65.7 Å². The predicted octanol–water partition coefficient (Wildman–Crippen LogP) is 5.29. The van der Waals surface area contributed by atoms with Crippen molar-refractivity contribution in [2.45, 2.75) is 108 Å². The Morgan fingerprint density at radius 2 is 1.82 bits per heavy atom. The van der Waals surface area contributed by atoms with E-state index in [4.69, 9.17) is 14.6 Å². The van der Waals surface area contributed by atoms with Gasteiger partial charge in [0.1, 0.15) is 23.4 Å². The summed E-state index contributed by atoms with van der Waals surface area (Å²) in [6.07, 6.45) is 6.88. The molecule has 14 heteroatoms. The van der Waals surface area contributed by atoms with Gasteiger partial charge in [-0.25, -0.2) is 4.39 Å². The number of imide groups is 1. The Balaban J connectivity index is 0.857. The molecule has 4 heterocycles. The fourth-order valence-electron chi connectivity index (χ4n) is 8.54. The molecule has 56 heavy (non-hydrogen) atoms. The van der Waals surface area contributed by atoms with Crippen LogP contribution in [-0.2, 0) is 9.59 Å². The van der Waals surface area contributed by atoms with Gasteiger partial charge in [0.15, 0.2) is 6.10 Å². The lowest BCUT2D eigenvalue weighted by Gasteiger charge is -2.39. The smallest absolute Gasteiger partial charge is 0.274 e. The Labute approximate surface area is 324 Å². The topological polar surface area (TPSA) is 157 Å². The summed E-state index contributed by atoms with van der Waals surface area (Å²) in [7, 11) is 0. The average molecular weight is 769 g/mol. The van der Waals surface area contributed by atoms with Crippen LogP contribution in [0.1, 0.15) is 99.1 Å². The number of hydrogen-bond acceptors (Lipinski definition) is 9. The lowest BCUT2D eigenvalue weighted by atomic mass is 9.83. The predicted molar refractivity (Wildman–Crippen MR) is 207 cm³/mol. The minimum Gasteiger partial charge on any atom is -0.490 e. The number of rotatable bonds is 11. The first-order valence-corrected chi connectivity index (χ1v) is 19.9. The molecule has 2 aliphatic carbocycles. The van der Waals surface area contributed by atoms with Gasteiger partial charge in [-0.05, 0) is 94.3 Å². The molecule has 2 aliphatic heterocycles. The number of aliphatic hydroxyl groups excluding tert-OH is 1. The van der Waals surface area contributed by atoms with Crippen molar-refractivity contribution in [2.75, 3.05) is 25.0 Å². The third-order valence-corrected chi connectivity index (χ3v) is 11.6. The van der Waals surface area contributed by atoms with Crippen molar-refractivity contribution in [3.63, 3.8) is 0 Å². The quantitative estimate of drug-likeness (QED) is 0.173. The van der Waals surface area contributed by atoms with Crippen LogP contribution in [-0.4, -0.2) is 86.2 Å². The number of β-amino-alcohol motifs (C(OH)–C–C–N with tert-alkyl or cyclic N) is 1. The zero-order valence-electron chi connectivity index (χ0n) is 31.7.